The highest BCUT2D eigenvalue weighted by Gasteiger charge is 2.24. The van der Waals surface area contributed by atoms with Gasteiger partial charge in [-0.05, 0) is 44.1 Å². The molecule has 2 unspecified atom stereocenters. The number of hydrogen-bond donors (Lipinski definition) is 1. The summed E-state index contributed by atoms with van der Waals surface area (Å²) >= 11 is 0. The maximum atomic E-state index is 5.24. The number of ether oxygens (including phenoxy) is 1. The molecule has 0 spiro atoms. The van der Waals surface area contributed by atoms with Crippen molar-refractivity contribution in [2.75, 3.05) is 20.3 Å². The summed E-state index contributed by atoms with van der Waals surface area (Å²) in [7, 11) is 1.80. The minimum absolute atomic E-state index is 0.667. The molecular weight excluding hydrogens is 222 g/mol. The van der Waals surface area contributed by atoms with Gasteiger partial charge in [-0.1, -0.05) is 40.5 Å². The van der Waals surface area contributed by atoms with Gasteiger partial charge in [-0.2, -0.15) is 0 Å². The molecule has 0 aliphatic carbocycles. The average molecular weight is 257 g/mol. The molecule has 0 saturated heterocycles. The Kier molecular flexibility index (Phi) is 11.9. The fourth-order valence-electron chi connectivity index (χ4n) is 2.87. The average Bonchev–Trinajstić information content (AvgIpc) is 2.37. The van der Waals surface area contributed by atoms with E-state index in [1.807, 2.05) is 0 Å². The topological polar surface area (TPSA) is 21.3 Å². The molecule has 18 heavy (non-hydrogen) atoms. The lowest BCUT2D eigenvalue weighted by Crippen LogP contribution is -2.42. The van der Waals surface area contributed by atoms with Crippen LogP contribution in [0.3, 0.4) is 0 Å². The third-order valence-electron chi connectivity index (χ3n) is 3.85. The fraction of sp³-hybridized carbons (Fsp3) is 1.00. The van der Waals surface area contributed by atoms with Crippen LogP contribution in [-0.2, 0) is 4.74 Å². The lowest BCUT2D eigenvalue weighted by Gasteiger charge is -2.33. The molecule has 0 heterocycles. The summed E-state index contributed by atoms with van der Waals surface area (Å²) in [5.41, 5.74) is 0. The van der Waals surface area contributed by atoms with Crippen LogP contribution in [0, 0.1) is 11.8 Å². The van der Waals surface area contributed by atoms with Crippen molar-refractivity contribution in [2.24, 2.45) is 11.8 Å². The largest absolute Gasteiger partial charge is 0.385 e. The molecule has 0 radical (unpaired) electrons. The summed E-state index contributed by atoms with van der Waals surface area (Å²) in [5.74, 6) is 1.54. The Hall–Kier alpha value is -0.0800. The van der Waals surface area contributed by atoms with Crippen LogP contribution >= 0.6 is 0 Å². The van der Waals surface area contributed by atoms with Crippen molar-refractivity contribution >= 4 is 0 Å². The zero-order valence-electron chi connectivity index (χ0n) is 13.3. The maximum absolute atomic E-state index is 5.24. The predicted octanol–water partition coefficient (Wildman–Crippen LogP) is 4.24. The van der Waals surface area contributed by atoms with Gasteiger partial charge in [-0.25, -0.2) is 0 Å². The van der Waals surface area contributed by atoms with Crippen LogP contribution in [0.25, 0.3) is 0 Å². The summed E-state index contributed by atoms with van der Waals surface area (Å²) in [6.07, 6.45) is 7.69. The van der Waals surface area contributed by atoms with Crippen LogP contribution in [0.1, 0.15) is 66.2 Å². The van der Waals surface area contributed by atoms with Crippen LogP contribution < -0.4 is 5.32 Å². The number of methoxy groups -OCH3 is 1. The van der Waals surface area contributed by atoms with Gasteiger partial charge in [0, 0.05) is 19.8 Å². The molecule has 0 aliphatic rings. The molecule has 2 heteroatoms. The van der Waals surface area contributed by atoms with Gasteiger partial charge in [0.1, 0.15) is 0 Å². The van der Waals surface area contributed by atoms with E-state index >= 15 is 0 Å². The highest BCUT2D eigenvalue weighted by molar-refractivity contribution is 4.81. The van der Waals surface area contributed by atoms with Gasteiger partial charge in [-0.3, -0.25) is 0 Å². The summed E-state index contributed by atoms with van der Waals surface area (Å²) in [4.78, 5) is 0. The Morgan fingerprint density at radius 1 is 0.944 bits per heavy atom. The third-order valence-corrected chi connectivity index (χ3v) is 3.85. The molecule has 2 atom stereocenters. The first-order valence-corrected chi connectivity index (χ1v) is 7.93. The monoisotopic (exact) mass is 257 g/mol. The van der Waals surface area contributed by atoms with Gasteiger partial charge in [-0.15, -0.1) is 0 Å². The first kappa shape index (κ1) is 17.9. The molecule has 0 aromatic heterocycles. The van der Waals surface area contributed by atoms with Crippen LogP contribution in [0.4, 0.5) is 0 Å². The van der Waals surface area contributed by atoms with Crippen molar-refractivity contribution in [3.05, 3.63) is 0 Å². The molecule has 110 valence electrons. The van der Waals surface area contributed by atoms with Crippen LogP contribution in [0.5, 0.6) is 0 Å². The number of hydrogen-bond acceptors (Lipinski definition) is 2. The summed E-state index contributed by atoms with van der Waals surface area (Å²) in [6, 6.07) is 0.667. The van der Waals surface area contributed by atoms with Crippen molar-refractivity contribution < 1.29 is 4.74 Å². The van der Waals surface area contributed by atoms with E-state index in [9.17, 15) is 0 Å². The van der Waals surface area contributed by atoms with Gasteiger partial charge >= 0.3 is 0 Å². The Labute approximate surface area is 115 Å². The first-order chi connectivity index (χ1) is 8.71. The molecule has 0 aromatic rings. The molecular formula is C16H35NO. The zero-order chi connectivity index (χ0) is 13.8. The van der Waals surface area contributed by atoms with Gasteiger partial charge in [0.05, 0.1) is 0 Å². The van der Waals surface area contributed by atoms with Crippen LogP contribution in [-0.4, -0.2) is 26.3 Å². The van der Waals surface area contributed by atoms with E-state index in [0.717, 1.165) is 19.1 Å². The normalized spacial score (nSPS) is 15.0. The molecule has 0 fully saturated rings. The summed E-state index contributed by atoms with van der Waals surface area (Å²) in [5, 5.41) is 3.79. The van der Waals surface area contributed by atoms with Crippen molar-refractivity contribution in [3.63, 3.8) is 0 Å². The second-order valence-electron chi connectivity index (χ2n) is 5.58. The first-order valence-electron chi connectivity index (χ1n) is 7.93. The third kappa shape index (κ3) is 7.38. The van der Waals surface area contributed by atoms with Gasteiger partial charge in [0.15, 0.2) is 0 Å². The highest BCUT2D eigenvalue weighted by atomic mass is 16.5. The predicted molar refractivity (Wildman–Crippen MR) is 81.0 cm³/mol. The van der Waals surface area contributed by atoms with Crippen LogP contribution in [0.2, 0.25) is 0 Å². The van der Waals surface area contributed by atoms with E-state index in [1.165, 1.54) is 38.5 Å². The van der Waals surface area contributed by atoms with E-state index in [2.05, 4.69) is 33.0 Å². The van der Waals surface area contributed by atoms with Crippen molar-refractivity contribution in [3.8, 4) is 0 Å². The number of nitrogens with one attached hydrogen (secondary N) is 1. The second kappa shape index (κ2) is 12.0. The van der Waals surface area contributed by atoms with Crippen LogP contribution in [0.15, 0.2) is 0 Å². The lowest BCUT2D eigenvalue weighted by molar-refractivity contribution is 0.153. The second-order valence-corrected chi connectivity index (χ2v) is 5.58. The minimum atomic E-state index is 0.667. The van der Waals surface area contributed by atoms with Crippen molar-refractivity contribution in [1.29, 1.82) is 0 Å². The van der Waals surface area contributed by atoms with E-state index < -0.39 is 0 Å². The zero-order valence-corrected chi connectivity index (χ0v) is 13.3. The Morgan fingerprint density at radius 3 is 2.00 bits per heavy atom. The molecule has 0 aliphatic heterocycles. The molecule has 2 nitrogen and oxygen atoms in total. The maximum Gasteiger partial charge on any atom is 0.0465 e. The molecule has 0 rings (SSSR count). The Bertz CT molecular complexity index is 166. The minimum Gasteiger partial charge on any atom is -0.385 e. The van der Waals surface area contributed by atoms with E-state index in [0.29, 0.717) is 12.0 Å². The summed E-state index contributed by atoms with van der Waals surface area (Å²) in [6.45, 7) is 11.3. The van der Waals surface area contributed by atoms with E-state index in [-0.39, 0.29) is 0 Å². The summed E-state index contributed by atoms with van der Waals surface area (Å²) < 4.78 is 5.24. The molecule has 1 N–H and O–H groups in total. The standard InChI is InChI=1S/C16H35NO/c1-6-9-15(10-7-2)16(17-12-8-3)14(4)11-13-18-5/h14-17H,6-13H2,1-5H3. The van der Waals surface area contributed by atoms with Gasteiger partial charge in [0.2, 0.25) is 0 Å². The smallest absolute Gasteiger partial charge is 0.0465 e. The molecule has 0 bridgehead atoms. The van der Waals surface area contributed by atoms with E-state index in [4.69, 9.17) is 4.74 Å². The fourth-order valence-corrected chi connectivity index (χ4v) is 2.87. The number of rotatable bonds is 12. The Morgan fingerprint density at radius 2 is 1.56 bits per heavy atom. The van der Waals surface area contributed by atoms with E-state index in [1.54, 1.807) is 7.11 Å². The molecule has 0 amide bonds. The van der Waals surface area contributed by atoms with Gasteiger partial charge < -0.3 is 10.1 Å². The Balaban J connectivity index is 4.47. The molecule has 0 saturated carbocycles. The van der Waals surface area contributed by atoms with Crippen molar-refractivity contribution in [1.82, 2.24) is 5.32 Å². The van der Waals surface area contributed by atoms with Crippen molar-refractivity contribution in [2.45, 2.75) is 72.3 Å². The SMILES string of the molecule is CCCNC(C(C)CCOC)C(CCC)CCC. The highest BCUT2D eigenvalue weighted by Crippen LogP contribution is 2.25. The van der Waals surface area contributed by atoms with Gasteiger partial charge in [0.25, 0.3) is 0 Å². The lowest BCUT2D eigenvalue weighted by atomic mass is 9.82. The molecule has 0 aromatic carbocycles. The quantitative estimate of drug-likeness (QED) is 0.564.